The van der Waals surface area contributed by atoms with Crippen LogP contribution in [0.15, 0.2) is 12.3 Å². The molecule has 2 rings (SSSR count). The van der Waals surface area contributed by atoms with Crippen LogP contribution in [0.1, 0.15) is 25.0 Å². The molecule has 16 heavy (non-hydrogen) atoms. The van der Waals surface area contributed by atoms with Crippen molar-refractivity contribution in [2.75, 3.05) is 0 Å². The normalized spacial score (nSPS) is 17.3. The van der Waals surface area contributed by atoms with E-state index >= 15 is 0 Å². The third kappa shape index (κ3) is 2.82. The number of hydrogen-bond acceptors (Lipinski definition) is 3. The standard InChI is InChI=1S/C11H17N3O2/c1-8-4-6-12-14(8)7-5-10(11(15)16)13-9-2-3-9/h4,6,9-10,13H,2-3,5,7H2,1H3,(H,15,16). The minimum absolute atomic E-state index is 0.416. The first-order valence-electron chi connectivity index (χ1n) is 5.64. The van der Waals surface area contributed by atoms with Gasteiger partial charge in [-0.15, -0.1) is 0 Å². The van der Waals surface area contributed by atoms with Crippen LogP contribution in [0.25, 0.3) is 0 Å². The second-order valence-electron chi connectivity index (χ2n) is 4.32. The minimum Gasteiger partial charge on any atom is -0.480 e. The zero-order valence-electron chi connectivity index (χ0n) is 9.39. The summed E-state index contributed by atoms with van der Waals surface area (Å²) >= 11 is 0. The van der Waals surface area contributed by atoms with Crippen molar-refractivity contribution in [3.63, 3.8) is 0 Å². The van der Waals surface area contributed by atoms with Gasteiger partial charge in [0.1, 0.15) is 6.04 Å². The van der Waals surface area contributed by atoms with E-state index in [0.717, 1.165) is 18.5 Å². The van der Waals surface area contributed by atoms with Crippen LogP contribution in [0.2, 0.25) is 0 Å². The van der Waals surface area contributed by atoms with Gasteiger partial charge in [-0.3, -0.25) is 9.48 Å². The number of aliphatic carboxylic acids is 1. The van der Waals surface area contributed by atoms with Crippen LogP contribution < -0.4 is 5.32 Å². The van der Waals surface area contributed by atoms with Gasteiger partial charge >= 0.3 is 5.97 Å². The molecule has 0 radical (unpaired) electrons. The molecule has 0 aromatic carbocycles. The Morgan fingerprint density at radius 1 is 1.75 bits per heavy atom. The highest BCUT2D eigenvalue weighted by atomic mass is 16.4. The molecule has 1 aromatic rings. The highest BCUT2D eigenvalue weighted by Crippen LogP contribution is 2.20. The third-order valence-corrected chi connectivity index (χ3v) is 2.87. The Morgan fingerprint density at radius 2 is 2.50 bits per heavy atom. The Labute approximate surface area is 94.5 Å². The number of hydrogen-bond donors (Lipinski definition) is 2. The number of aromatic nitrogens is 2. The molecular weight excluding hydrogens is 206 g/mol. The van der Waals surface area contributed by atoms with Gasteiger partial charge in [0.15, 0.2) is 0 Å². The maximum absolute atomic E-state index is 11.0. The molecular formula is C11H17N3O2. The summed E-state index contributed by atoms with van der Waals surface area (Å²) in [6.07, 6.45) is 4.52. The maximum Gasteiger partial charge on any atom is 0.320 e. The fourth-order valence-corrected chi connectivity index (χ4v) is 1.70. The van der Waals surface area contributed by atoms with E-state index in [2.05, 4.69) is 10.4 Å². The third-order valence-electron chi connectivity index (χ3n) is 2.87. The van der Waals surface area contributed by atoms with Gasteiger partial charge in [0.05, 0.1) is 0 Å². The molecule has 5 heteroatoms. The van der Waals surface area contributed by atoms with Crippen molar-refractivity contribution in [2.45, 2.75) is 44.8 Å². The predicted molar refractivity (Wildman–Crippen MR) is 59.2 cm³/mol. The molecule has 1 saturated carbocycles. The molecule has 5 nitrogen and oxygen atoms in total. The fraction of sp³-hybridized carbons (Fsp3) is 0.636. The molecule has 0 spiro atoms. The number of carbonyl (C=O) groups is 1. The molecule has 1 aliphatic carbocycles. The molecule has 1 fully saturated rings. The number of carboxylic acids is 1. The zero-order valence-corrected chi connectivity index (χ0v) is 9.39. The lowest BCUT2D eigenvalue weighted by Crippen LogP contribution is -2.39. The molecule has 2 N–H and O–H groups in total. The molecule has 0 aliphatic heterocycles. The summed E-state index contributed by atoms with van der Waals surface area (Å²) in [4.78, 5) is 11.0. The molecule has 1 aliphatic rings. The van der Waals surface area contributed by atoms with E-state index < -0.39 is 12.0 Å². The van der Waals surface area contributed by atoms with Crippen molar-refractivity contribution >= 4 is 5.97 Å². The number of aryl methyl sites for hydroxylation is 2. The average molecular weight is 223 g/mol. The van der Waals surface area contributed by atoms with E-state index in [1.165, 1.54) is 0 Å². The van der Waals surface area contributed by atoms with E-state index in [4.69, 9.17) is 5.11 Å². The summed E-state index contributed by atoms with van der Waals surface area (Å²) < 4.78 is 1.84. The van der Waals surface area contributed by atoms with Crippen LogP contribution in [0.4, 0.5) is 0 Å². The summed E-state index contributed by atoms with van der Waals surface area (Å²) in [5.41, 5.74) is 1.07. The summed E-state index contributed by atoms with van der Waals surface area (Å²) in [6.45, 7) is 2.62. The van der Waals surface area contributed by atoms with E-state index in [0.29, 0.717) is 19.0 Å². The van der Waals surface area contributed by atoms with Crippen LogP contribution in [0.5, 0.6) is 0 Å². The van der Waals surface area contributed by atoms with Crippen LogP contribution in [-0.2, 0) is 11.3 Å². The molecule has 1 unspecified atom stereocenters. The van der Waals surface area contributed by atoms with Gasteiger partial charge in [-0.25, -0.2) is 0 Å². The minimum atomic E-state index is -0.767. The van der Waals surface area contributed by atoms with Gasteiger partial charge in [-0.2, -0.15) is 5.10 Å². The van der Waals surface area contributed by atoms with Gasteiger partial charge < -0.3 is 10.4 Å². The lowest BCUT2D eigenvalue weighted by molar-refractivity contribution is -0.139. The molecule has 1 atom stereocenters. The van der Waals surface area contributed by atoms with Crippen molar-refractivity contribution in [2.24, 2.45) is 0 Å². The molecule has 88 valence electrons. The summed E-state index contributed by atoms with van der Waals surface area (Å²) in [5.74, 6) is -0.767. The fourth-order valence-electron chi connectivity index (χ4n) is 1.70. The topological polar surface area (TPSA) is 67.2 Å². The Bertz CT molecular complexity index is 371. The Morgan fingerprint density at radius 3 is 3.00 bits per heavy atom. The molecule has 0 amide bonds. The molecule has 1 aromatic heterocycles. The molecule has 0 bridgehead atoms. The van der Waals surface area contributed by atoms with Crippen molar-refractivity contribution in [1.29, 1.82) is 0 Å². The van der Waals surface area contributed by atoms with Gasteiger partial charge in [-0.1, -0.05) is 0 Å². The highest BCUT2D eigenvalue weighted by molar-refractivity contribution is 5.73. The van der Waals surface area contributed by atoms with E-state index in [1.807, 2.05) is 17.7 Å². The van der Waals surface area contributed by atoms with Crippen molar-refractivity contribution in [1.82, 2.24) is 15.1 Å². The van der Waals surface area contributed by atoms with Crippen molar-refractivity contribution in [3.8, 4) is 0 Å². The lowest BCUT2D eigenvalue weighted by atomic mass is 10.2. The number of carboxylic acid groups (broad SMARTS) is 1. The molecule has 0 saturated heterocycles. The SMILES string of the molecule is Cc1ccnn1CCC(NC1CC1)C(=O)O. The van der Waals surface area contributed by atoms with Crippen LogP contribution in [0.3, 0.4) is 0 Å². The average Bonchev–Trinajstić information content (AvgIpc) is 2.96. The van der Waals surface area contributed by atoms with Gasteiger partial charge in [-0.05, 0) is 32.3 Å². The first-order valence-corrected chi connectivity index (χ1v) is 5.64. The van der Waals surface area contributed by atoms with Crippen molar-refractivity contribution < 1.29 is 9.90 Å². The summed E-state index contributed by atoms with van der Waals surface area (Å²) in [6, 6.07) is 1.89. The van der Waals surface area contributed by atoms with Gasteiger partial charge in [0.2, 0.25) is 0 Å². The summed E-state index contributed by atoms with van der Waals surface area (Å²) in [5, 5.41) is 16.3. The number of rotatable bonds is 6. The van der Waals surface area contributed by atoms with E-state index in [-0.39, 0.29) is 0 Å². The highest BCUT2D eigenvalue weighted by Gasteiger charge is 2.27. The first kappa shape index (κ1) is 11.1. The second kappa shape index (κ2) is 4.65. The van der Waals surface area contributed by atoms with Crippen LogP contribution >= 0.6 is 0 Å². The Balaban J connectivity index is 1.85. The molecule has 1 heterocycles. The van der Waals surface area contributed by atoms with Gasteiger partial charge in [0, 0.05) is 24.5 Å². The lowest BCUT2D eigenvalue weighted by Gasteiger charge is -2.14. The largest absolute Gasteiger partial charge is 0.480 e. The van der Waals surface area contributed by atoms with E-state index in [1.54, 1.807) is 6.20 Å². The smallest absolute Gasteiger partial charge is 0.320 e. The summed E-state index contributed by atoms with van der Waals surface area (Å²) in [7, 11) is 0. The van der Waals surface area contributed by atoms with E-state index in [9.17, 15) is 4.79 Å². The monoisotopic (exact) mass is 223 g/mol. The number of nitrogens with zero attached hydrogens (tertiary/aromatic N) is 2. The van der Waals surface area contributed by atoms with Gasteiger partial charge in [0.25, 0.3) is 0 Å². The van der Waals surface area contributed by atoms with Crippen LogP contribution in [0, 0.1) is 6.92 Å². The second-order valence-corrected chi connectivity index (χ2v) is 4.32. The number of nitrogens with one attached hydrogen (secondary N) is 1. The predicted octanol–water partition coefficient (Wildman–Crippen LogP) is 0.787. The van der Waals surface area contributed by atoms with Crippen LogP contribution in [-0.4, -0.2) is 32.9 Å². The Kier molecular flexibility index (Phi) is 3.24. The maximum atomic E-state index is 11.0. The first-order chi connectivity index (χ1) is 7.66. The zero-order chi connectivity index (χ0) is 11.5. The Hall–Kier alpha value is -1.36. The van der Waals surface area contributed by atoms with Crippen molar-refractivity contribution in [3.05, 3.63) is 18.0 Å². The quantitative estimate of drug-likeness (QED) is 0.748.